The van der Waals surface area contributed by atoms with Crippen LogP contribution in [-0.2, 0) is 9.59 Å². The summed E-state index contributed by atoms with van der Waals surface area (Å²) in [5.74, 6) is -0.461. The third kappa shape index (κ3) is 4.20. The molecule has 3 aromatic carbocycles. The zero-order valence-corrected chi connectivity index (χ0v) is 18.7. The van der Waals surface area contributed by atoms with Crippen LogP contribution in [0.4, 0.5) is 5.69 Å². The zero-order valence-electron chi connectivity index (χ0n) is 18.7. The Morgan fingerprint density at radius 3 is 2.36 bits per heavy atom. The number of hydrogen-bond donors (Lipinski definition) is 1. The van der Waals surface area contributed by atoms with Gasteiger partial charge < -0.3 is 14.6 Å². The van der Waals surface area contributed by atoms with Crippen molar-refractivity contribution in [3.63, 3.8) is 0 Å². The second-order valence-corrected chi connectivity index (χ2v) is 7.74. The van der Waals surface area contributed by atoms with E-state index in [1.807, 2.05) is 32.0 Å². The van der Waals surface area contributed by atoms with E-state index in [-0.39, 0.29) is 11.3 Å². The average Bonchev–Trinajstić information content (AvgIpc) is 3.09. The number of carbonyl (C=O) groups is 2. The van der Waals surface area contributed by atoms with Crippen molar-refractivity contribution in [1.29, 1.82) is 0 Å². The molecule has 1 unspecified atom stereocenters. The lowest BCUT2D eigenvalue weighted by atomic mass is 9.95. The number of Topliss-reactive ketones (excluding diaryl/α,β-unsaturated/α-hetero) is 1. The highest BCUT2D eigenvalue weighted by atomic mass is 16.5. The van der Waals surface area contributed by atoms with Gasteiger partial charge in [0.15, 0.2) is 0 Å². The number of hydrogen-bond acceptors (Lipinski definition) is 5. The van der Waals surface area contributed by atoms with Crippen LogP contribution in [0.3, 0.4) is 0 Å². The van der Waals surface area contributed by atoms with Gasteiger partial charge in [0.25, 0.3) is 11.7 Å². The van der Waals surface area contributed by atoms with Crippen molar-refractivity contribution in [3.8, 4) is 11.5 Å². The van der Waals surface area contributed by atoms with Crippen LogP contribution in [0.5, 0.6) is 11.5 Å². The highest BCUT2D eigenvalue weighted by molar-refractivity contribution is 6.51. The minimum absolute atomic E-state index is 0.0281. The summed E-state index contributed by atoms with van der Waals surface area (Å²) in [7, 11) is 1.57. The second kappa shape index (κ2) is 9.20. The summed E-state index contributed by atoms with van der Waals surface area (Å²) < 4.78 is 10.8. The largest absolute Gasteiger partial charge is 0.507 e. The Morgan fingerprint density at radius 2 is 1.70 bits per heavy atom. The molecule has 0 spiro atoms. The Morgan fingerprint density at radius 1 is 0.970 bits per heavy atom. The van der Waals surface area contributed by atoms with Gasteiger partial charge in [-0.15, -0.1) is 0 Å². The Bertz CT molecular complexity index is 1230. The van der Waals surface area contributed by atoms with Crippen molar-refractivity contribution < 1.29 is 24.2 Å². The molecule has 33 heavy (non-hydrogen) atoms. The van der Waals surface area contributed by atoms with Crippen molar-refractivity contribution in [2.24, 2.45) is 0 Å². The summed E-state index contributed by atoms with van der Waals surface area (Å²) in [4.78, 5) is 27.9. The van der Waals surface area contributed by atoms with Gasteiger partial charge in [-0.25, -0.2) is 0 Å². The van der Waals surface area contributed by atoms with E-state index in [0.717, 1.165) is 5.56 Å². The number of rotatable bonds is 6. The van der Waals surface area contributed by atoms with Gasteiger partial charge in [-0.1, -0.05) is 36.4 Å². The molecule has 1 saturated heterocycles. The molecular weight excluding hydrogens is 418 g/mol. The highest BCUT2D eigenvalue weighted by Crippen LogP contribution is 2.42. The van der Waals surface area contributed by atoms with Crippen molar-refractivity contribution in [1.82, 2.24) is 0 Å². The number of aliphatic hydroxyl groups excluding tert-OH is 1. The van der Waals surface area contributed by atoms with Crippen molar-refractivity contribution >= 4 is 23.1 Å². The smallest absolute Gasteiger partial charge is 0.300 e. The van der Waals surface area contributed by atoms with E-state index in [9.17, 15) is 14.7 Å². The fourth-order valence-electron chi connectivity index (χ4n) is 4.03. The molecule has 0 bridgehead atoms. The van der Waals surface area contributed by atoms with E-state index >= 15 is 0 Å². The van der Waals surface area contributed by atoms with Crippen molar-refractivity contribution in [2.75, 3.05) is 18.6 Å². The molecule has 1 atom stereocenters. The molecule has 4 rings (SSSR count). The van der Waals surface area contributed by atoms with Crippen LogP contribution < -0.4 is 14.4 Å². The minimum Gasteiger partial charge on any atom is -0.507 e. The summed E-state index contributed by atoms with van der Waals surface area (Å²) in [6.07, 6.45) is 0. The molecule has 1 N–H and O–H groups in total. The van der Waals surface area contributed by atoms with Crippen LogP contribution in [0.15, 0.2) is 78.4 Å². The number of aryl methyl sites for hydroxylation is 1. The summed E-state index contributed by atoms with van der Waals surface area (Å²) in [6.45, 7) is 4.25. The topological polar surface area (TPSA) is 76.1 Å². The van der Waals surface area contributed by atoms with Crippen LogP contribution in [0.25, 0.3) is 5.76 Å². The first-order valence-electron chi connectivity index (χ1n) is 10.7. The van der Waals surface area contributed by atoms with E-state index < -0.39 is 17.7 Å². The molecule has 1 heterocycles. The van der Waals surface area contributed by atoms with Gasteiger partial charge in [0.2, 0.25) is 0 Å². The van der Waals surface area contributed by atoms with E-state index in [4.69, 9.17) is 9.47 Å². The fraction of sp³-hybridized carbons (Fsp3) is 0.185. The molecule has 1 aliphatic rings. The quantitative estimate of drug-likeness (QED) is 0.329. The van der Waals surface area contributed by atoms with E-state index in [0.29, 0.717) is 34.9 Å². The molecule has 0 aliphatic carbocycles. The van der Waals surface area contributed by atoms with Crippen molar-refractivity contribution in [2.45, 2.75) is 19.9 Å². The summed E-state index contributed by atoms with van der Waals surface area (Å²) in [5.41, 5.74) is 2.65. The van der Waals surface area contributed by atoms with Gasteiger partial charge in [-0.3, -0.25) is 14.5 Å². The molecule has 0 aromatic heterocycles. The van der Waals surface area contributed by atoms with Gasteiger partial charge in [0, 0.05) is 11.3 Å². The Kier molecular flexibility index (Phi) is 6.18. The lowest BCUT2D eigenvalue weighted by Gasteiger charge is -2.26. The SMILES string of the molecule is CCOc1cccc(/C(O)=C2\C(=O)C(=O)N(c3cccc(C)c3)C2c2ccc(OC)cc2)c1. The van der Waals surface area contributed by atoms with E-state index in [1.54, 1.807) is 61.7 Å². The average molecular weight is 443 g/mol. The third-order valence-corrected chi connectivity index (χ3v) is 5.57. The van der Waals surface area contributed by atoms with Crippen LogP contribution in [-0.4, -0.2) is 30.5 Å². The number of benzene rings is 3. The molecule has 6 nitrogen and oxygen atoms in total. The number of nitrogens with zero attached hydrogens (tertiary/aromatic N) is 1. The third-order valence-electron chi connectivity index (χ3n) is 5.57. The predicted molar refractivity (Wildman–Crippen MR) is 127 cm³/mol. The Hall–Kier alpha value is -4.06. The van der Waals surface area contributed by atoms with Gasteiger partial charge in [0.05, 0.1) is 25.3 Å². The molecule has 1 aliphatic heterocycles. The highest BCUT2D eigenvalue weighted by Gasteiger charge is 2.47. The maximum absolute atomic E-state index is 13.2. The number of aliphatic hydroxyl groups is 1. The maximum Gasteiger partial charge on any atom is 0.300 e. The van der Waals surface area contributed by atoms with Gasteiger partial charge in [-0.05, 0) is 61.4 Å². The lowest BCUT2D eigenvalue weighted by molar-refractivity contribution is -0.132. The van der Waals surface area contributed by atoms with Gasteiger partial charge >= 0.3 is 0 Å². The zero-order chi connectivity index (χ0) is 23.5. The Labute approximate surface area is 192 Å². The van der Waals surface area contributed by atoms with Crippen LogP contribution >= 0.6 is 0 Å². The summed E-state index contributed by atoms with van der Waals surface area (Å²) in [6, 6.07) is 20.5. The van der Waals surface area contributed by atoms with Crippen LogP contribution in [0, 0.1) is 6.92 Å². The normalized spacial score (nSPS) is 17.3. The first-order chi connectivity index (χ1) is 15.9. The number of ketones is 1. The van der Waals surface area contributed by atoms with Crippen LogP contribution in [0.1, 0.15) is 29.7 Å². The monoisotopic (exact) mass is 443 g/mol. The molecular formula is C27H25NO5. The fourth-order valence-corrected chi connectivity index (χ4v) is 4.03. The number of amides is 1. The van der Waals surface area contributed by atoms with E-state index in [1.165, 1.54) is 4.90 Å². The maximum atomic E-state index is 13.2. The van der Waals surface area contributed by atoms with Gasteiger partial charge in [0.1, 0.15) is 17.3 Å². The summed E-state index contributed by atoms with van der Waals surface area (Å²) >= 11 is 0. The first kappa shape index (κ1) is 22.1. The second-order valence-electron chi connectivity index (χ2n) is 7.74. The van der Waals surface area contributed by atoms with Crippen LogP contribution in [0.2, 0.25) is 0 Å². The van der Waals surface area contributed by atoms with Gasteiger partial charge in [-0.2, -0.15) is 0 Å². The molecule has 6 heteroatoms. The number of carbonyl (C=O) groups excluding carboxylic acids is 2. The van der Waals surface area contributed by atoms with Crippen molar-refractivity contribution in [3.05, 3.63) is 95.1 Å². The number of anilines is 1. The minimum atomic E-state index is -0.798. The summed E-state index contributed by atoms with van der Waals surface area (Å²) in [5, 5.41) is 11.3. The van der Waals surface area contributed by atoms with E-state index in [2.05, 4.69) is 0 Å². The molecule has 1 amide bonds. The molecule has 168 valence electrons. The molecule has 0 radical (unpaired) electrons. The standard InChI is InChI=1S/C27H25NO5/c1-4-33-22-10-6-8-19(16-22)25(29)23-24(18-11-13-21(32-3)14-12-18)28(27(31)26(23)30)20-9-5-7-17(2)15-20/h5-16,24,29H,4H2,1-3H3/b25-23+. The molecule has 0 saturated carbocycles. The number of methoxy groups -OCH3 is 1. The first-order valence-corrected chi connectivity index (χ1v) is 10.7. The molecule has 3 aromatic rings. The lowest BCUT2D eigenvalue weighted by Crippen LogP contribution is -2.29. The Balaban J connectivity index is 1.92. The predicted octanol–water partition coefficient (Wildman–Crippen LogP) is 5.03. The molecule has 1 fully saturated rings. The number of ether oxygens (including phenoxy) is 2.